The number of rotatable bonds is 5. The second kappa shape index (κ2) is 5.73. The highest BCUT2D eigenvalue weighted by Crippen LogP contribution is 2.22. The molecule has 0 radical (unpaired) electrons. The molecule has 5 heteroatoms. The van der Waals surface area contributed by atoms with Crippen molar-refractivity contribution >= 4 is 11.6 Å². The largest absolute Gasteiger partial charge is 0.495 e. The number of hydrogen-bond donors (Lipinski definition) is 3. The van der Waals surface area contributed by atoms with E-state index in [0.29, 0.717) is 23.5 Å². The number of carbonyl (C=O) groups excluding carboxylic acids is 1. The van der Waals surface area contributed by atoms with Crippen LogP contribution >= 0.6 is 0 Å². The smallest absolute Gasteiger partial charge is 0.251 e. The molecule has 4 N–H and O–H groups in total. The van der Waals surface area contributed by atoms with E-state index in [4.69, 9.17) is 15.6 Å². The third-order valence-corrected chi connectivity index (χ3v) is 2.65. The fourth-order valence-corrected chi connectivity index (χ4v) is 1.33. The number of anilines is 1. The molecule has 1 aromatic rings. The summed E-state index contributed by atoms with van der Waals surface area (Å²) in [5.41, 5.74) is 6.31. The van der Waals surface area contributed by atoms with Crippen LogP contribution in [0.5, 0.6) is 5.75 Å². The molecule has 0 saturated heterocycles. The molecule has 100 valence electrons. The average molecular weight is 252 g/mol. The Morgan fingerprint density at radius 3 is 2.72 bits per heavy atom. The van der Waals surface area contributed by atoms with Crippen molar-refractivity contribution < 1.29 is 14.6 Å². The minimum atomic E-state index is -0.340. The summed E-state index contributed by atoms with van der Waals surface area (Å²) < 4.78 is 5.06. The number of nitrogens with two attached hydrogens (primary N) is 1. The number of carbonyl (C=O) groups is 1. The minimum absolute atomic E-state index is 0.0122. The van der Waals surface area contributed by atoms with E-state index in [2.05, 4.69) is 5.32 Å². The molecule has 0 aromatic heterocycles. The van der Waals surface area contributed by atoms with Crippen LogP contribution in [0, 0.1) is 5.41 Å². The van der Waals surface area contributed by atoms with Gasteiger partial charge in [-0.1, -0.05) is 13.8 Å². The fourth-order valence-electron chi connectivity index (χ4n) is 1.33. The number of benzene rings is 1. The maximum absolute atomic E-state index is 11.9. The first-order valence-electron chi connectivity index (χ1n) is 5.72. The van der Waals surface area contributed by atoms with E-state index >= 15 is 0 Å². The average Bonchev–Trinajstić information content (AvgIpc) is 2.36. The Bertz CT molecular complexity index is 430. The molecule has 1 aromatic carbocycles. The Morgan fingerprint density at radius 2 is 2.17 bits per heavy atom. The van der Waals surface area contributed by atoms with E-state index in [1.807, 2.05) is 13.8 Å². The van der Waals surface area contributed by atoms with Gasteiger partial charge in [0.15, 0.2) is 0 Å². The number of nitrogen functional groups attached to an aromatic ring is 1. The van der Waals surface area contributed by atoms with E-state index in [-0.39, 0.29) is 17.9 Å². The lowest BCUT2D eigenvalue weighted by molar-refractivity contribution is 0.0911. The van der Waals surface area contributed by atoms with Crippen LogP contribution < -0.4 is 15.8 Å². The second-order valence-corrected chi connectivity index (χ2v) is 4.96. The quantitative estimate of drug-likeness (QED) is 0.683. The summed E-state index contributed by atoms with van der Waals surface area (Å²) in [5.74, 6) is 0.263. The predicted octanol–water partition coefficient (Wildman–Crippen LogP) is 1.03. The zero-order valence-electron chi connectivity index (χ0n) is 11.0. The molecule has 0 heterocycles. The molecule has 5 nitrogen and oxygen atoms in total. The molecule has 0 aliphatic rings. The molecule has 0 spiro atoms. The van der Waals surface area contributed by atoms with Crippen LogP contribution in [0.3, 0.4) is 0 Å². The van der Waals surface area contributed by atoms with Crippen LogP contribution in [0.1, 0.15) is 24.2 Å². The van der Waals surface area contributed by atoms with Gasteiger partial charge in [0.1, 0.15) is 5.75 Å². The summed E-state index contributed by atoms with van der Waals surface area (Å²) in [7, 11) is 1.50. The van der Waals surface area contributed by atoms with E-state index in [0.717, 1.165) is 0 Å². The van der Waals surface area contributed by atoms with Gasteiger partial charge in [0, 0.05) is 24.1 Å². The van der Waals surface area contributed by atoms with Crippen molar-refractivity contribution in [3.8, 4) is 5.75 Å². The number of ether oxygens (including phenoxy) is 1. The number of nitrogens with one attached hydrogen (secondary N) is 1. The third-order valence-electron chi connectivity index (χ3n) is 2.65. The Balaban J connectivity index is 2.73. The topological polar surface area (TPSA) is 84.6 Å². The van der Waals surface area contributed by atoms with E-state index in [1.54, 1.807) is 18.2 Å². The normalized spacial score (nSPS) is 11.1. The Morgan fingerprint density at radius 1 is 1.50 bits per heavy atom. The molecule has 1 rings (SSSR count). The molecule has 0 aliphatic heterocycles. The number of methoxy groups -OCH3 is 1. The first-order valence-corrected chi connectivity index (χ1v) is 5.72. The lowest BCUT2D eigenvalue weighted by atomic mass is 9.95. The Kier molecular flexibility index (Phi) is 4.55. The molecule has 0 atom stereocenters. The highest BCUT2D eigenvalue weighted by molar-refractivity contribution is 5.95. The SMILES string of the molecule is COc1cc(C(=O)NCC(C)(C)CO)ccc1N. The van der Waals surface area contributed by atoms with Crippen LogP contribution in [-0.2, 0) is 0 Å². The standard InChI is InChI=1S/C13H20N2O3/c1-13(2,8-16)7-15-12(17)9-4-5-10(14)11(6-9)18-3/h4-6,16H,7-8,14H2,1-3H3,(H,15,17). The molecule has 0 unspecified atom stereocenters. The van der Waals surface area contributed by atoms with Crippen LogP contribution in [0.4, 0.5) is 5.69 Å². The van der Waals surface area contributed by atoms with Crippen molar-refractivity contribution in [3.05, 3.63) is 23.8 Å². The highest BCUT2D eigenvalue weighted by atomic mass is 16.5. The molecule has 1 amide bonds. The molecule has 0 fully saturated rings. The van der Waals surface area contributed by atoms with E-state index in [9.17, 15) is 4.79 Å². The third kappa shape index (κ3) is 3.63. The molecule has 18 heavy (non-hydrogen) atoms. The zero-order chi connectivity index (χ0) is 13.8. The van der Waals surface area contributed by atoms with Gasteiger partial charge in [-0.05, 0) is 18.2 Å². The first-order chi connectivity index (χ1) is 8.39. The maximum atomic E-state index is 11.9. The van der Waals surface area contributed by atoms with Crippen molar-refractivity contribution in [1.82, 2.24) is 5.32 Å². The van der Waals surface area contributed by atoms with Gasteiger partial charge < -0.3 is 20.9 Å². The first kappa shape index (κ1) is 14.3. The van der Waals surface area contributed by atoms with Crippen LogP contribution in [0.15, 0.2) is 18.2 Å². The maximum Gasteiger partial charge on any atom is 0.251 e. The van der Waals surface area contributed by atoms with Crippen LogP contribution in [0.2, 0.25) is 0 Å². The summed E-state index contributed by atoms with van der Waals surface area (Å²) in [6, 6.07) is 4.86. The van der Waals surface area contributed by atoms with Crippen molar-refractivity contribution in [2.45, 2.75) is 13.8 Å². The molecular formula is C13H20N2O3. The summed E-state index contributed by atoms with van der Waals surface area (Å²) in [6.07, 6.45) is 0. The monoisotopic (exact) mass is 252 g/mol. The molecule has 0 bridgehead atoms. The predicted molar refractivity (Wildman–Crippen MR) is 70.6 cm³/mol. The Labute approximate surface area is 107 Å². The van der Waals surface area contributed by atoms with Crippen molar-refractivity contribution in [2.24, 2.45) is 5.41 Å². The van der Waals surface area contributed by atoms with Crippen molar-refractivity contribution in [2.75, 3.05) is 26.0 Å². The second-order valence-electron chi connectivity index (χ2n) is 4.96. The Hall–Kier alpha value is -1.75. The summed E-state index contributed by atoms with van der Waals surface area (Å²) in [6.45, 7) is 4.15. The van der Waals surface area contributed by atoms with Crippen molar-refractivity contribution in [3.63, 3.8) is 0 Å². The summed E-state index contributed by atoms with van der Waals surface area (Å²) in [4.78, 5) is 11.9. The molecule has 0 aliphatic carbocycles. The minimum Gasteiger partial charge on any atom is -0.495 e. The summed E-state index contributed by atoms with van der Waals surface area (Å²) >= 11 is 0. The van der Waals surface area contributed by atoms with Crippen molar-refractivity contribution in [1.29, 1.82) is 0 Å². The van der Waals surface area contributed by atoms with E-state index in [1.165, 1.54) is 7.11 Å². The van der Waals surface area contributed by atoms with E-state index < -0.39 is 0 Å². The van der Waals surface area contributed by atoms with Gasteiger partial charge in [0.05, 0.1) is 12.8 Å². The number of amides is 1. The van der Waals surface area contributed by atoms with Gasteiger partial charge in [-0.2, -0.15) is 0 Å². The van der Waals surface area contributed by atoms with Gasteiger partial charge in [0.25, 0.3) is 5.91 Å². The number of aliphatic hydroxyl groups is 1. The number of hydrogen-bond acceptors (Lipinski definition) is 4. The summed E-state index contributed by atoms with van der Waals surface area (Å²) in [5, 5.41) is 11.9. The lowest BCUT2D eigenvalue weighted by Gasteiger charge is -2.21. The van der Waals surface area contributed by atoms with Crippen LogP contribution in [-0.4, -0.2) is 31.3 Å². The van der Waals surface area contributed by atoms with Crippen LogP contribution in [0.25, 0.3) is 0 Å². The van der Waals surface area contributed by atoms with Gasteiger partial charge in [-0.15, -0.1) is 0 Å². The molecule has 0 saturated carbocycles. The van der Waals surface area contributed by atoms with Gasteiger partial charge in [0.2, 0.25) is 0 Å². The van der Waals surface area contributed by atoms with Gasteiger partial charge >= 0.3 is 0 Å². The zero-order valence-corrected chi connectivity index (χ0v) is 11.0. The van der Waals surface area contributed by atoms with Gasteiger partial charge in [-0.3, -0.25) is 4.79 Å². The van der Waals surface area contributed by atoms with Gasteiger partial charge in [-0.25, -0.2) is 0 Å². The molecular weight excluding hydrogens is 232 g/mol. The number of aliphatic hydroxyl groups excluding tert-OH is 1. The highest BCUT2D eigenvalue weighted by Gasteiger charge is 2.18. The fraction of sp³-hybridized carbons (Fsp3) is 0.462. The lowest BCUT2D eigenvalue weighted by Crippen LogP contribution is -2.36.